The number of anilines is 1. The molecule has 3 aliphatic rings. The molecule has 50 heavy (non-hydrogen) atoms. The number of rotatable bonds is 10. The summed E-state index contributed by atoms with van der Waals surface area (Å²) in [6, 6.07) is 29.0. The Balaban J connectivity index is 0.970. The summed E-state index contributed by atoms with van der Waals surface area (Å²) in [5, 5.41) is 2.89. The fraction of sp³-hybridized carbons (Fsp3) is 0.350. The van der Waals surface area contributed by atoms with Gasteiger partial charge in [-0.15, -0.1) is 0 Å². The van der Waals surface area contributed by atoms with Gasteiger partial charge in [0.05, 0.1) is 0 Å². The molecule has 260 valence electrons. The summed E-state index contributed by atoms with van der Waals surface area (Å²) in [5.74, 6) is -0.555. The van der Waals surface area contributed by atoms with Gasteiger partial charge in [-0.05, 0) is 83.5 Å². The second-order valence-corrected chi connectivity index (χ2v) is 14.0. The number of nitrogens with zero attached hydrogens (tertiary/aromatic N) is 3. The van der Waals surface area contributed by atoms with Crippen molar-refractivity contribution in [3.63, 3.8) is 0 Å². The molecule has 10 heteroatoms. The zero-order chi connectivity index (χ0) is 34.9. The van der Waals surface area contributed by atoms with Crippen LogP contribution in [0.3, 0.4) is 0 Å². The topological polar surface area (TPSA) is 55.9 Å². The van der Waals surface area contributed by atoms with Gasteiger partial charge in [0.2, 0.25) is 5.91 Å². The van der Waals surface area contributed by atoms with Gasteiger partial charge in [0.25, 0.3) is 5.91 Å². The smallest absolute Gasteiger partial charge is 0.369 e. The first-order valence-electron chi connectivity index (χ1n) is 17.3. The van der Waals surface area contributed by atoms with Gasteiger partial charge in [-0.2, -0.15) is 13.2 Å². The first-order chi connectivity index (χ1) is 24.1. The summed E-state index contributed by atoms with van der Waals surface area (Å²) < 4.78 is 39.6. The van der Waals surface area contributed by atoms with Crippen molar-refractivity contribution in [1.82, 2.24) is 15.1 Å². The Kier molecular flexibility index (Phi) is 9.63. The summed E-state index contributed by atoms with van der Waals surface area (Å²) in [5.41, 5.74) is 6.07. The van der Waals surface area contributed by atoms with E-state index in [9.17, 15) is 22.8 Å². The third kappa shape index (κ3) is 6.86. The number of halogens is 4. The maximum Gasteiger partial charge on any atom is 0.405 e. The maximum absolute atomic E-state index is 13.8. The quantitative estimate of drug-likeness (QED) is 0.175. The van der Waals surface area contributed by atoms with E-state index in [1.54, 1.807) is 0 Å². The van der Waals surface area contributed by atoms with Crippen LogP contribution in [0.1, 0.15) is 51.9 Å². The number of hydrogen-bond donors (Lipinski definition) is 1. The Bertz CT molecular complexity index is 1840. The van der Waals surface area contributed by atoms with Gasteiger partial charge in [-0.3, -0.25) is 14.5 Å². The van der Waals surface area contributed by atoms with Crippen LogP contribution < -0.4 is 10.2 Å². The molecule has 2 amide bonds. The molecule has 0 bridgehead atoms. The first-order valence-corrected chi connectivity index (χ1v) is 17.7. The van der Waals surface area contributed by atoms with Gasteiger partial charge in [0, 0.05) is 55.5 Å². The first kappa shape index (κ1) is 34.1. The average Bonchev–Trinajstić information content (AvgIpc) is 3.41. The minimum Gasteiger partial charge on any atom is -0.369 e. The average molecular weight is 701 g/mol. The zero-order valence-electron chi connectivity index (χ0n) is 27.8. The number of amides is 2. The number of carbonyl (C=O) groups is 2. The number of benzene rings is 4. The molecule has 0 unspecified atom stereocenters. The lowest BCUT2D eigenvalue weighted by Crippen LogP contribution is -2.47. The van der Waals surface area contributed by atoms with Crippen LogP contribution >= 0.6 is 11.6 Å². The van der Waals surface area contributed by atoms with Crippen molar-refractivity contribution >= 4 is 29.1 Å². The molecule has 2 aliphatic heterocycles. The lowest BCUT2D eigenvalue weighted by molar-refractivity contribution is -0.141. The molecule has 4 aromatic carbocycles. The largest absolute Gasteiger partial charge is 0.405 e. The number of hydrogen-bond acceptors (Lipinski definition) is 4. The van der Waals surface area contributed by atoms with Gasteiger partial charge in [-0.25, -0.2) is 0 Å². The number of piperazine rings is 1. The van der Waals surface area contributed by atoms with Crippen molar-refractivity contribution in [1.29, 1.82) is 0 Å². The molecule has 1 saturated heterocycles. The highest BCUT2D eigenvalue weighted by Crippen LogP contribution is 2.51. The van der Waals surface area contributed by atoms with Crippen molar-refractivity contribution < 1.29 is 22.8 Å². The maximum atomic E-state index is 13.8. The summed E-state index contributed by atoms with van der Waals surface area (Å²) in [6.45, 7) is 4.03. The highest BCUT2D eigenvalue weighted by Gasteiger charge is 2.49. The van der Waals surface area contributed by atoms with Gasteiger partial charge >= 0.3 is 6.18 Å². The van der Waals surface area contributed by atoms with Crippen LogP contribution in [0.15, 0.2) is 91.0 Å². The molecule has 0 atom stereocenters. The van der Waals surface area contributed by atoms with Crippen molar-refractivity contribution in [3.8, 4) is 11.1 Å². The van der Waals surface area contributed by atoms with Crippen LogP contribution in [-0.4, -0.2) is 73.6 Å². The van der Waals surface area contributed by atoms with Crippen LogP contribution in [-0.2, 0) is 23.2 Å². The van der Waals surface area contributed by atoms with Crippen molar-refractivity contribution in [2.45, 2.75) is 43.8 Å². The van der Waals surface area contributed by atoms with E-state index in [-0.39, 0.29) is 5.91 Å². The molecule has 1 N–H and O–H groups in total. The lowest BCUT2D eigenvalue weighted by atomic mass is 9.73. The summed E-state index contributed by atoms with van der Waals surface area (Å²) >= 11 is 6.17. The Morgan fingerprint density at radius 3 is 2.18 bits per heavy atom. The third-order valence-corrected chi connectivity index (χ3v) is 10.7. The number of fused-ring (bicyclic) bond motifs is 4. The Hall–Kier alpha value is -4.34. The van der Waals surface area contributed by atoms with Gasteiger partial charge in [0.15, 0.2) is 0 Å². The molecule has 0 spiro atoms. The second-order valence-electron chi connectivity index (χ2n) is 13.5. The fourth-order valence-electron chi connectivity index (χ4n) is 7.95. The van der Waals surface area contributed by atoms with Gasteiger partial charge in [-0.1, -0.05) is 84.8 Å². The van der Waals surface area contributed by atoms with E-state index in [4.69, 9.17) is 11.6 Å². The minimum atomic E-state index is -4.50. The highest BCUT2D eigenvalue weighted by atomic mass is 35.5. The fourth-order valence-corrected chi connectivity index (χ4v) is 8.16. The third-order valence-electron chi connectivity index (χ3n) is 10.4. The number of alkyl halides is 3. The molecule has 2 heterocycles. The predicted molar refractivity (Wildman–Crippen MR) is 191 cm³/mol. The molecule has 0 saturated carbocycles. The van der Waals surface area contributed by atoms with E-state index in [1.165, 1.54) is 0 Å². The van der Waals surface area contributed by atoms with E-state index in [2.05, 4.69) is 27.2 Å². The number of unbranched alkanes of at least 4 members (excludes halogenated alkanes) is 1. The standard InChI is InChI=1S/C40H40ClF3N4O2/c41-30-9-7-8-28(24-30)26-48-19-16-29-14-15-31(25-34(29)37(48)49)47-22-20-46(21-23-47)18-6-5-17-39(38(50)45-27-40(42,43)44)35-12-3-1-10-32(35)33-11-2-4-13-36(33)39/h1-4,7-15,24-25H,5-6,16-23,26-27H2,(H,45,50). The SMILES string of the molecule is O=C1c2cc(N3CCN(CCCCC4(C(=O)NCC(F)(F)F)c5ccccc5-c5ccccc54)CC3)ccc2CCN1Cc1cccc(Cl)c1. The zero-order valence-corrected chi connectivity index (χ0v) is 28.6. The summed E-state index contributed by atoms with van der Waals surface area (Å²) in [6.07, 6.45) is -1.76. The molecule has 6 nitrogen and oxygen atoms in total. The van der Waals surface area contributed by atoms with Crippen molar-refractivity contribution in [2.75, 3.05) is 50.7 Å². The van der Waals surface area contributed by atoms with E-state index in [0.717, 1.165) is 90.2 Å². The van der Waals surface area contributed by atoms with Crippen LogP contribution in [0, 0.1) is 0 Å². The van der Waals surface area contributed by atoms with Crippen LogP contribution in [0.25, 0.3) is 11.1 Å². The highest BCUT2D eigenvalue weighted by molar-refractivity contribution is 6.30. The molecule has 0 aromatic heterocycles. The lowest BCUT2D eigenvalue weighted by Gasteiger charge is -2.37. The Morgan fingerprint density at radius 2 is 1.50 bits per heavy atom. The summed E-state index contributed by atoms with van der Waals surface area (Å²) in [4.78, 5) is 33.9. The molecule has 7 rings (SSSR count). The normalized spacial score (nSPS) is 16.9. The molecular weight excluding hydrogens is 661 g/mol. The van der Waals surface area contributed by atoms with E-state index in [0.29, 0.717) is 31.0 Å². The van der Waals surface area contributed by atoms with E-state index in [1.807, 2.05) is 83.8 Å². The van der Waals surface area contributed by atoms with Crippen molar-refractivity contribution in [3.05, 3.63) is 124 Å². The molecule has 0 radical (unpaired) electrons. The van der Waals surface area contributed by atoms with Crippen LogP contribution in [0.4, 0.5) is 18.9 Å². The van der Waals surface area contributed by atoms with E-state index >= 15 is 0 Å². The Labute approximate surface area is 295 Å². The Morgan fingerprint density at radius 1 is 0.800 bits per heavy atom. The van der Waals surface area contributed by atoms with Crippen LogP contribution in [0.5, 0.6) is 0 Å². The summed E-state index contributed by atoms with van der Waals surface area (Å²) in [7, 11) is 0. The molecule has 4 aromatic rings. The minimum absolute atomic E-state index is 0.0454. The molecule has 1 aliphatic carbocycles. The molecular formula is C40H40ClF3N4O2. The van der Waals surface area contributed by atoms with E-state index < -0.39 is 24.0 Å². The number of carbonyl (C=O) groups excluding carboxylic acids is 2. The monoisotopic (exact) mass is 700 g/mol. The van der Waals surface area contributed by atoms with Gasteiger partial charge in [0.1, 0.15) is 12.0 Å². The van der Waals surface area contributed by atoms with Crippen molar-refractivity contribution in [2.24, 2.45) is 0 Å². The molecule has 1 fully saturated rings. The second kappa shape index (κ2) is 14.1. The van der Waals surface area contributed by atoms with Gasteiger partial charge < -0.3 is 15.1 Å². The number of nitrogens with one attached hydrogen (secondary N) is 1. The predicted octanol–water partition coefficient (Wildman–Crippen LogP) is 7.48. The van der Waals surface area contributed by atoms with Crippen LogP contribution in [0.2, 0.25) is 5.02 Å².